The Morgan fingerprint density at radius 3 is 2.43 bits per heavy atom. The van der Waals surface area contributed by atoms with Crippen molar-refractivity contribution in [3.05, 3.63) is 0 Å². The zero-order valence-corrected chi connectivity index (χ0v) is 10.5. The summed E-state index contributed by atoms with van der Waals surface area (Å²) in [6.07, 6.45) is 3.44. The van der Waals surface area contributed by atoms with E-state index >= 15 is 0 Å². The molecule has 3 N–H and O–H groups in total. The lowest BCUT2D eigenvalue weighted by Crippen LogP contribution is -2.36. The molecule has 86 valence electrons. The molecule has 0 saturated heterocycles. The predicted octanol–water partition coefficient (Wildman–Crippen LogP) is 2.25. The van der Waals surface area contributed by atoms with E-state index < -0.39 is 0 Å². The molecule has 0 aromatic carbocycles. The van der Waals surface area contributed by atoms with E-state index in [1.165, 1.54) is 12.8 Å². The normalized spacial score (nSPS) is 15.9. The first-order chi connectivity index (χ1) is 6.61. The molecule has 0 rings (SSSR count). The molecule has 0 fully saturated rings. The summed E-state index contributed by atoms with van der Waals surface area (Å²) in [7, 11) is 0. The Hall–Kier alpha value is 0.270. The zero-order valence-electron chi connectivity index (χ0n) is 9.70. The number of aliphatic hydroxyl groups is 1. The lowest BCUT2D eigenvalue weighted by Gasteiger charge is -2.22. The van der Waals surface area contributed by atoms with Crippen LogP contribution in [0.4, 0.5) is 0 Å². The fourth-order valence-electron chi connectivity index (χ4n) is 1.39. The Morgan fingerprint density at radius 1 is 1.36 bits per heavy atom. The summed E-state index contributed by atoms with van der Waals surface area (Å²) >= 11 is 1.82. The minimum Gasteiger partial charge on any atom is -0.395 e. The Balaban J connectivity index is 3.74. The number of rotatable bonds is 8. The van der Waals surface area contributed by atoms with Crippen LogP contribution in [0.3, 0.4) is 0 Å². The van der Waals surface area contributed by atoms with Gasteiger partial charge < -0.3 is 10.8 Å². The van der Waals surface area contributed by atoms with Gasteiger partial charge in [-0.05, 0) is 24.5 Å². The number of nitrogens with two attached hydrogens (primary N) is 1. The minimum atomic E-state index is 0.141. The standard InChI is InChI=1S/C11H25NOS/c1-4-5-6-14-11(8-13)10(12)7-9(2)3/h9-11,13H,4-8,12H2,1-3H3. The van der Waals surface area contributed by atoms with Crippen LogP contribution in [0.2, 0.25) is 0 Å². The first-order valence-electron chi connectivity index (χ1n) is 5.59. The molecule has 2 atom stereocenters. The fourth-order valence-corrected chi connectivity index (χ4v) is 2.61. The SMILES string of the molecule is CCCCSC(CO)C(N)CC(C)C. The second-order valence-electron chi connectivity index (χ2n) is 4.24. The van der Waals surface area contributed by atoms with Gasteiger partial charge in [0.2, 0.25) is 0 Å². The summed E-state index contributed by atoms with van der Waals surface area (Å²) in [5.41, 5.74) is 6.03. The van der Waals surface area contributed by atoms with Gasteiger partial charge in [-0.3, -0.25) is 0 Å². The van der Waals surface area contributed by atoms with Gasteiger partial charge in [-0.15, -0.1) is 0 Å². The average Bonchev–Trinajstić information content (AvgIpc) is 2.11. The number of aliphatic hydroxyl groups excluding tert-OH is 1. The topological polar surface area (TPSA) is 46.2 Å². The largest absolute Gasteiger partial charge is 0.395 e. The molecule has 0 spiro atoms. The van der Waals surface area contributed by atoms with Crippen LogP contribution in [0.15, 0.2) is 0 Å². The third-order valence-corrected chi connectivity index (χ3v) is 3.68. The van der Waals surface area contributed by atoms with Crippen LogP contribution >= 0.6 is 11.8 Å². The van der Waals surface area contributed by atoms with Crippen LogP contribution in [0.25, 0.3) is 0 Å². The van der Waals surface area contributed by atoms with E-state index in [0.717, 1.165) is 12.2 Å². The van der Waals surface area contributed by atoms with Crippen LogP contribution in [-0.4, -0.2) is 28.8 Å². The Labute approximate surface area is 92.6 Å². The molecule has 0 aliphatic carbocycles. The number of hydrogen-bond donors (Lipinski definition) is 2. The number of thioether (sulfide) groups is 1. The van der Waals surface area contributed by atoms with Crippen molar-refractivity contribution in [2.24, 2.45) is 11.7 Å². The van der Waals surface area contributed by atoms with Gasteiger partial charge in [0.15, 0.2) is 0 Å². The first kappa shape index (κ1) is 14.3. The highest BCUT2D eigenvalue weighted by molar-refractivity contribution is 7.99. The third kappa shape index (κ3) is 6.68. The molecule has 0 bridgehead atoms. The monoisotopic (exact) mass is 219 g/mol. The van der Waals surface area contributed by atoms with Gasteiger partial charge in [0.25, 0.3) is 0 Å². The second kappa shape index (κ2) is 8.57. The predicted molar refractivity (Wildman–Crippen MR) is 65.7 cm³/mol. The van der Waals surface area contributed by atoms with Crippen LogP contribution in [-0.2, 0) is 0 Å². The molecule has 0 amide bonds. The Bertz CT molecular complexity index is 130. The molecular weight excluding hydrogens is 194 g/mol. The summed E-state index contributed by atoms with van der Waals surface area (Å²) in [4.78, 5) is 0. The van der Waals surface area contributed by atoms with E-state index in [2.05, 4.69) is 20.8 Å². The maximum atomic E-state index is 9.21. The minimum absolute atomic E-state index is 0.141. The Kier molecular flexibility index (Phi) is 8.73. The van der Waals surface area contributed by atoms with Crippen molar-refractivity contribution in [1.82, 2.24) is 0 Å². The maximum Gasteiger partial charge on any atom is 0.0565 e. The number of hydrogen-bond acceptors (Lipinski definition) is 3. The van der Waals surface area contributed by atoms with Gasteiger partial charge >= 0.3 is 0 Å². The molecule has 0 aromatic rings. The van der Waals surface area contributed by atoms with Crippen molar-refractivity contribution in [1.29, 1.82) is 0 Å². The third-order valence-electron chi connectivity index (χ3n) is 2.23. The Morgan fingerprint density at radius 2 is 2.00 bits per heavy atom. The molecule has 14 heavy (non-hydrogen) atoms. The summed E-state index contributed by atoms with van der Waals surface area (Å²) in [6.45, 7) is 6.74. The van der Waals surface area contributed by atoms with Crippen molar-refractivity contribution in [2.75, 3.05) is 12.4 Å². The van der Waals surface area contributed by atoms with E-state index in [1.807, 2.05) is 11.8 Å². The zero-order chi connectivity index (χ0) is 11.0. The van der Waals surface area contributed by atoms with E-state index in [-0.39, 0.29) is 17.9 Å². The average molecular weight is 219 g/mol. The van der Waals surface area contributed by atoms with Gasteiger partial charge in [-0.2, -0.15) is 11.8 Å². The molecule has 0 aromatic heterocycles. The molecule has 0 aliphatic rings. The smallest absolute Gasteiger partial charge is 0.0565 e. The van der Waals surface area contributed by atoms with Crippen molar-refractivity contribution < 1.29 is 5.11 Å². The van der Waals surface area contributed by atoms with E-state index in [1.54, 1.807) is 0 Å². The van der Waals surface area contributed by atoms with E-state index in [9.17, 15) is 5.11 Å². The van der Waals surface area contributed by atoms with Crippen molar-refractivity contribution in [3.8, 4) is 0 Å². The molecule has 2 nitrogen and oxygen atoms in total. The molecule has 0 saturated carbocycles. The van der Waals surface area contributed by atoms with Crippen LogP contribution in [0.1, 0.15) is 40.0 Å². The highest BCUT2D eigenvalue weighted by atomic mass is 32.2. The van der Waals surface area contributed by atoms with Crippen LogP contribution < -0.4 is 5.73 Å². The summed E-state index contributed by atoms with van der Waals surface area (Å²) in [6, 6.07) is 0.141. The first-order valence-corrected chi connectivity index (χ1v) is 6.64. The maximum absolute atomic E-state index is 9.21. The van der Waals surface area contributed by atoms with Crippen molar-refractivity contribution in [3.63, 3.8) is 0 Å². The van der Waals surface area contributed by atoms with Crippen LogP contribution in [0.5, 0.6) is 0 Å². The molecule has 2 unspecified atom stereocenters. The van der Waals surface area contributed by atoms with Gasteiger partial charge in [-0.1, -0.05) is 27.2 Å². The van der Waals surface area contributed by atoms with E-state index in [4.69, 9.17) is 5.73 Å². The van der Waals surface area contributed by atoms with Gasteiger partial charge in [-0.25, -0.2) is 0 Å². The quantitative estimate of drug-likeness (QED) is 0.616. The molecular formula is C11H25NOS. The van der Waals surface area contributed by atoms with Gasteiger partial charge in [0.05, 0.1) is 6.61 Å². The highest BCUT2D eigenvalue weighted by Gasteiger charge is 2.17. The number of unbranched alkanes of at least 4 members (excludes halogenated alkanes) is 1. The van der Waals surface area contributed by atoms with Gasteiger partial charge in [0, 0.05) is 11.3 Å². The van der Waals surface area contributed by atoms with Crippen molar-refractivity contribution >= 4 is 11.8 Å². The molecule has 0 heterocycles. The highest BCUT2D eigenvalue weighted by Crippen LogP contribution is 2.19. The molecule has 0 aliphatic heterocycles. The molecule has 3 heteroatoms. The second-order valence-corrected chi connectivity index (χ2v) is 5.59. The van der Waals surface area contributed by atoms with Crippen molar-refractivity contribution in [2.45, 2.75) is 51.3 Å². The molecule has 0 radical (unpaired) electrons. The summed E-state index contributed by atoms with van der Waals surface area (Å²) in [5, 5.41) is 9.43. The van der Waals surface area contributed by atoms with Gasteiger partial charge in [0.1, 0.15) is 0 Å². The van der Waals surface area contributed by atoms with E-state index in [0.29, 0.717) is 5.92 Å². The lowest BCUT2D eigenvalue weighted by molar-refractivity contribution is 0.275. The summed E-state index contributed by atoms with van der Waals surface area (Å²) < 4.78 is 0. The lowest BCUT2D eigenvalue weighted by atomic mass is 10.0. The van der Waals surface area contributed by atoms with Crippen LogP contribution in [0, 0.1) is 5.92 Å². The summed E-state index contributed by atoms with van der Waals surface area (Å²) in [5.74, 6) is 1.74. The fraction of sp³-hybridized carbons (Fsp3) is 1.00.